The Labute approximate surface area is 101 Å². The van der Waals surface area contributed by atoms with Gasteiger partial charge in [-0.15, -0.1) is 0 Å². The van der Waals surface area contributed by atoms with E-state index in [0.29, 0.717) is 5.92 Å². The Morgan fingerprint density at radius 1 is 1.21 bits per heavy atom. The second-order valence-electron chi connectivity index (χ2n) is 3.35. The molecular formula is C12H10Br2. The largest absolute Gasteiger partial charge is 0.0825 e. The summed E-state index contributed by atoms with van der Waals surface area (Å²) >= 11 is 7.00. The van der Waals surface area contributed by atoms with Crippen LogP contribution in [0.2, 0.25) is 0 Å². The molecule has 14 heavy (non-hydrogen) atoms. The van der Waals surface area contributed by atoms with Crippen molar-refractivity contribution in [3.05, 3.63) is 57.0 Å². The molecule has 2 heteroatoms. The summed E-state index contributed by atoms with van der Waals surface area (Å²) < 4.78 is 2.32. The van der Waals surface area contributed by atoms with Gasteiger partial charge in [-0.05, 0) is 24.1 Å². The van der Waals surface area contributed by atoms with E-state index < -0.39 is 0 Å². The lowest BCUT2D eigenvalue weighted by molar-refractivity contribution is 0.851. The zero-order valence-electron chi connectivity index (χ0n) is 7.58. The third-order valence-corrected chi connectivity index (χ3v) is 3.33. The first-order valence-corrected chi connectivity index (χ1v) is 6.13. The van der Waals surface area contributed by atoms with E-state index in [4.69, 9.17) is 0 Å². The molecule has 72 valence electrons. The SMILES string of the molecule is BrC1=CC(c2cccc(Br)c2)CC=C1. The average molecular weight is 314 g/mol. The Balaban J connectivity index is 2.28. The van der Waals surface area contributed by atoms with Gasteiger partial charge in [0.05, 0.1) is 0 Å². The van der Waals surface area contributed by atoms with E-state index in [0.717, 1.165) is 10.9 Å². The summed E-state index contributed by atoms with van der Waals surface area (Å²) in [6.45, 7) is 0. The normalized spacial score (nSPS) is 20.7. The van der Waals surface area contributed by atoms with Gasteiger partial charge in [0, 0.05) is 14.9 Å². The van der Waals surface area contributed by atoms with Gasteiger partial charge in [0.1, 0.15) is 0 Å². The van der Waals surface area contributed by atoms with Crippen molar-refractivity contribution in [3.63, 3.8) is 0 Å². The Hall–Kier alpha value is -0.340. The van der Waals surface area contributed by atoms with Crippen molar-refractivity contribution in [2.45, 2.75) is 12.3 Å². The first-order chi connectivity index (χ1) is 6.75. The van der Waals surface area contributed by atoms with Crippen LogP contribution in [-0.4, -0.2) is 0 Å². The molecule has 0 fully saturated rings. The molecule has 1 aromatic carbocycles. The van der Waals surface area contributed by atoms with E-state index in [1.165, 1.54) is 10.0 Å². The Bertz CT molecular complexity index is 391. The van der Waals surface area contributed by atoms with Gasteiger partial charge in [0.2, 0.25) is 0 Å². The summed E-state index contributed by atoms with van der Waals surface area (Å²) in [5.41, 5.74) is 1.36. The number of benzene rings is 1. The van der Waals surface area contributed by atoms with E-state index in [9.17, 15) is 0 Å². The van der Waals surface area contributed by atoms with Crippen LogP contribution in [-0.2, 0) is 0 Å². The van der Waals surface area contributed by atoms with Crippen molar-refractivity contribution >= 4 is 31.9 Å². The molecule has 0 saturated heterocycles. The zero-order chi connectivity index (χ0) is 9.97. The minimum absolute atomic E-state index is 0.506. The molecule has 0 aliphatic heterocycles. The van der Waals surface area contributed by atoms with Gasteiger partial charge >= 0.3 is 0 Å². The molecule has 0 nitrogen and oxygen atoms in total. The number of halogens is 2. The predicted octanol–water partition coefficient (Wildman–Crippen LogP) is 4.77. The minimum atomic E-state index is 0.506. The predicted molar refractivity (Wildman–Crippen MR) is 67.7 cm³/mol. The number of allylic oxidation sites excluding steroid dienone is 4. The lowest BCUT2D eigenvalue weighted by Crippen LogP contribution is -1.97. The Morgan fingerprint density at radius 2 is 2.07 bits per heavy atom. The van der Waals surface area contributed by atoms with Crippen molar-refractivity contribution in [2.24, 2.45) is 0 Å². The third kappa shape index (κ3) is 2.37. The molecule has 0 spiro atoms. The van der Waals surface area contributed by atoms with Crippen molar-refractivity contribution in [3.8, 4) is 0 Å². The third-order valence-electron chi connectivity index (χ3n) is 2.30. The molecule has 1 unspecified atom stereocenters. The van der Waals surface area contributed by atoms with Crippen LogP contribution in [0.1, 0.15) is 17.9 Å². The lowest BCUT2D eigenvalue weighted by atomic mass is 9.93. The van der Waals surface area contributed by atoms with Gasteiger partial charge in [0.25, 0.3) is 0 Å². The van der Waals surface area contributed by atoms with E-state index in [1.54, 1.807) is 0 Å². The van der Waals surface area contributed by atoms with Crippen molar-refractivity contribution < 1.29 is 0 Å². The topological polar surface area (TPSA) is 0 Å². The van der Waals surface area contributed by atoms with E-state index in [2.05, 4.69) is 74.4 Å². The maximum atomic E-state index is 3.51. The summed E-state index contributed by atoms with van der Waals surface area (Å²) in [4.78, 5) is 0. The standard InChI is InChI=1S/C12H10Br2/c13-11-5-1-3-9(7-11)10-4-2-6-12(14)8-10/h1-3,5-8,10H,4H2. The van der Waals surface area contributed by atoms with Gasteiger partial charge < -0.3 is 0 Å². The number of rotatable bonds is 1. The summed E-state index contributed by atoms with van der Waals surface area (Å²) in [5, 5.41) is 0. The maximum Gasteiger partial charge on any atom is 0.0178 e. The Kier molecular flexibility index (Phi) is 3.24. The highest BCUT2D eigenvalue weighted by atomic mass is 79.9. The van der Waals surface area contributed by atoms with Crippen LogP contribution < -0.4 is 0 Å². The fourth-order valence-electron chi connectivity index (χ4n) is 1.61. The van der Waals surface area contributed by atoms with Gasteiger partial charge in [-0.3, -0.25) is 0 Å². The number of hydrogen-bond donors (Lipinski definition) is 0. The van der Waals surface area contributed by atoms with E-state index in [1.807, 2.05) is 0 Å². The van der Waals surface area contributed by atoms with Gasteiger partial charge in [-0.25, -0.2) is 0 Å². The first-order valence-electron chi connectivity index (χ1n) is 4.55. The highest BCUT2D eigenvalue weighted by molar-refractivity contribution is 9.12. The molecular weight excluding hydrogens is 304 g/mol. The summed E-state index contributed by atoms with van der Waals surface area (Å²) in [7, 11) is 0. The second-order valence-corrected chi connectivity index (χ2v) is 5.18. The van der Waals surface area contributed by atoms with E-state index in [-0.39, 0.29) is 0 Å². The van der Waals surface area contributed by atoms with Crippen molar-refractivity contribution in [1.82, 2.24) is 0 Å². The molecule has 0 heterocycles. The molecule has 0 saturated carbocycles. The first kappa shape index (κ1) is 10.2. The number of hydrogen-bond acceptors (Lipinski definition) is 0. The van der Waals surface area contributed by atoms with Gasteiger partial charge in [-0.2, -0.15) is 0 Å². The molecule has 2 rings (SSSR count). The molecule has 0 bridgehead atoms. The molecule has 0 amide bonds. The Morgan fingerprint density at radius 3 is 2.79 bits per heavy atom. The fourth-order valence-corrected chi connectivity index (χ4v) is 2.54. The molecule has 0 radical (unpaired) electrons. The minimum Gasteiger partial charge on any atom is -0.0825 e. The molecule has 1 aromatic rings. The molecule has 0 N–H and O–H groups in total. The molecule has 1 atom stereocenters. The van der Waals surface area contributed by atoms with Crippen LogP contribution in [0.5, 0.6) is 0 Å². The molecule has 1 aliphatic carbocycles. The maximum absolute atomic E-state index is 3.51. The second kappa shape index (κ2) is 4.45. The van der Waals surface area contributed by atoms with Crippen LogP contribution in [0.3, 0.4) is 0 Å². The monoisotopic (exact) mass is 312 g/mol. The summed E-state index contributed by atoms with van der Waals surface area (Å²) in [5.74, 6) is 0.506. The molecule has 0 aromatic heterocycles. The lowest BCUT2D eigenvalue weighted by Gasteiger charge is -2.15. The van der Waals surface area contributed by atoms with Crippen LogP contribution in [0.25, 0.3) is 0 Å². The molecule has 1 aliphatic rings. The van der Waals surface area contributed by atoms with Crippen LogP contribution in [0, 0.1) is 0 Å². The van der Waals surface area contributed by atoms with Crippen LogP contribution in [0.4, 0.5) is 0 Å². The van der Waals surface area contributed by atoms with Crippen molar-refractivity contribution in [2.75, 3.05) is 0 Å². The highest BCUT2D eigenvalue weighted by Crippen LogP contribution is 2.30. The smallest absolute Gasteiger partial charge is 0.0178 e. The fraction of sp³-hybridized carbons (Fsp3) is 0.167. The summed E-state index contributed by atoms with van der Waals surface area (Å²) in [6.07, 6.45) is 7.65. The van der Waals surface area contributed by atoms with Gasteiger partial charge in [0.15, 0.2) is 0 Å². The summed E-state index contributed by atoms with van der Waals surface area (Å²) in [6, 6.07) is 8.49. The zero-order valence-corrected chi connectivity index (χ0v) is 10.8. The van der Waals surface area contributed by atoms with Crippen molar-refractivity contribution in [1.29, 1.82) is 0 Å². The van der Waals surface area contributed by atoms with Gasteiger partial charge in [-0.1, -0.05) is 62.2 Å². The average Bonchev–Trinajstić information content (AvgIpc) is 2.18. The highest BCUT2D eigenvalue weighted by Gasteiger charge is 2.10. The van der Waals surface area contributed by atoms with E-state index >= 15 is 0 Å². The quantitative estimate of drug-likeness (QED) is 0.700. The van der Waals surface area contributed by atoms with Crippen LogP contribution in [0.15, 0.2) is 51.4 Å². The van der Waals surface area contributed by atoms with Crippen LogP contribution >= 0.6 is 31.9 Å².